The van der Waals surface area contributed by atoms with Crippen LogP contribution in [0, 0.1) is 0 Å². The van der Waals surface area contributed by atoms with Gasteiger partial charge in [0.05, 0.1) is 11.5 Å². The number of nitrogens with zero attached hydrogens (tertiary/aromatic N) is 1. The van der Waals surface area contributed by atoms with Gasteiger partial charge in [-0.05, 0) is 41.5 Å². The van der Waals surface area contributed by atoms with Gasteiger partial charge in [0.15, 0.2) is 9.84 Å². The van der Waals surface area contributed by atoms with Crippen LogP contribution in [0.2, 0.25) is 0 Å². The molecule has 6 nitrogen and oxygen atoms in total. The number of amides is 1. The first-order valence-corrected chi connectivity index (χ1v) is 11.0. The van der Waals surface area contributed by atoms with Gasteiger partial charge in [-0.25, -0.2) is 13.9 Å². The molecule has 1 amide bonds. The predicted octanol–water partition coefficient (Wildman–Crippen LogP) is 3.04. The van der Waals surface area contributed by atoms with E-state index >= 15 is 0 Å². The Kier molecular flexibility index (Phi) is 4.57. The minimum atomic E-state index is -3.07. The summed E-state index contributed by atoms with van der Waals surface area (Å²) in [6, 6.07) is 12.9. The minimum absolute atomic E-state index is 0.0674. The number of aromatic nitrogens is 1. The lowest BCUT2D eigenvalue weighted by atomic mass is 10.1. The van der Waals surface area contributed by atoms with Crippen LogP contribution >= 0.6 is 15.9 Å². The van der Waals surface area contributed by atoms with E-state index in [4.69, 9.17) is 5.21 Å². The fraction of sp³-hybridized carbons (Fsp3) is 0.211. The highest BCUT2D eigenvalue weighted by Crippen LogP contribution is 2.34. The second-order valence-electron chi connectivity index (χ2n) is 6.65. The second kappa shape index (κ2) is 6.78. The molecular weight excluding hydrogens is 432 g/mol. The molecule has 2 heterocycles. The van der Waals surface area contributed by atoms with E-state index in [1.165, 1.54) is 0 Å². The molecule has 0 saturated carbocycles. The molecule has 1 aliphatic heterocycles. The summed E-state index contributed by atoms with van der Waals surface area (Å²) >= 11 is 3.48. The summed E-state index contributed by atoms with van der Waals surface area (Å²) < 4.78 is 27.4. The molecule has 27 heavy (non-hydrogen) atoms. The molecule has 0 aliphatic carbocycles. The van der Waals surface area contributed by atoms with Gasteiger partial charge in [0.25, 0.3) is 5.91 Å². The quantitative estimate of drug-likeness (QED) is 0.475. The Morgan fingerprint density at radius 1 is 1.19 bits per heavy atom. The monoisotopic (exact) mass is 448 g/mol. The van der Waals surface area contributed by atoms with Crippen LogP contribution < -0.4 is 5.48 Å². The molecule has 1 aliphatic rings. The average Bonchev–Trinajstić information content (AvgIpc) is 2.93. The van der Waals surface area contributed by atoms with Crippen molar-refractivity contribution in [2.24, 2.45) is 0 Å². The van der Waals surface area contributed by atoms with Crippen LogP contribution in [0.4, 0.5) is 0 Å². The van der Waals surface area contributed by atoms with Crippen LogP contribution in [-0.4, -0.2) is 29.9 Å². The Bertz CT molecular complexity index is 1150. The molecule has 140 valence electrons. The van der Waals surface area contributed by atoms with Crippen LogP contribution in [-0.2, 0) is 28.6 Å². The fourth-order valence-electron chi connectivity index (χ4n) is 3.63. The summed E-state index contributed by atoms with van der Waals surface area (Å²) in [6.45, 7) is 0.578. The van der Waals surface area contributed by atoms with E-state index in [0.717, 1.165) is 32.2 Å². The van der Waals surface area contributed by atoms with Crippen molar-refractivity contribution in [2.75, 3.05) is 5.75 Å². The SMILES string of the molecule is O=C(NO)c1ccc(Cn2c3c(c4cc(Br)ccc42)CS(=O)(=O)CC3)cc1. The van der Waals surface area contributed by atoms with Gasteiger partial charge >= 0.3 is 0 Å². The number of sulfone groups is 1. The van der Waals surface area contributed by atoms with Crippen molar-refractivity contribution in [3.8, 4) is 0 Å². The first-order chi connectivity index (χ1) is 12.9. The van der Waals surface area contributed by atoms with Gasteiger partial charge in [-0.2, -0.15) is 0 Å². The molecule has 2 N–H and O–H groups in total. The Morgan fingerprint density at radius 3 is 2.63 bits per heavy atom. The number of hydrogen-bond donors (Lipinski definition) is 2. The highest BCUT2D eigenvalue weighted by molar-refractivity contribution is 9.10. The number of benzene rings is 2. The zero-order valence-corrected chi connectivity index (χ0v) is 16.7. The number of carbonyl (C=O) groups excluding carboxylic acids is 1. The van der Waals surface area contributed by atoms with E-state index in [2.05, 4.69) is 20.5 Å². The van der Waals surface area contributed by atoms with Crippen molar-refractivity contribution >= 4 is 42.6 Å². The molecular formula is C19H17BrN2O4S. The Labute approximate surface area is 164 Å². The highest BCUT2D eigenvalue weighted by atomic mass is 79.9. The van der Waals surface area contributed by atoms with Crippen molar-refractivity contribution in [3.05, 3.63) is 69.3 Å². The van der Waals surface area contributed by atoms with E-state index in [-0.39, 0.29) is 11.5 Å². The molecule has 8 heteroatoms. The molecule has 4 rings (SSSR count). The lowest BCUT2D eigenvalue weighted by Gasteiger charge is -2.17. The normalized spacial score (nSPS) is 15.5. The van der Waals surface area contributed by atoms with Crippen molar-refractivity contribution < 1.29 is 18.4 Å². The van der Waals surface area contributed by atoms with Crippen LogP contribution in [0.15, 0.2) is 46.9 Å². The van der Waals surface area contributed by atoms with Gasteiger partial charge in [-0.15, -0.1) is 0 Å². The number of fused-ring (bicyclic) bond motifs is 3. The topological polar surface area (TPSA) is 88.4 Å². The maximum Gasteiger partial charge on any atom is 0.274 e. The highest BCUT2D eigenvalue weighted by Gasteiger charge is 2.27. The second-order valence-corrected chi connectivity index (χ2v) is 9.75. The number of hydrogen-bond acceptors (Lipinski definition) is 4. The zero-order valence-electron chi connectivity index (χ0n) is 14.3. The van der Waals surface area contributed by atoms with Crippen molar-refractivity contribution in [1.29, 1.82) is 0 Å². The van der Waals surface area contributed by atoms with E-state index in [1.807, 2.05) is 30.3 Å². The lowest BCUT2D eigenvalue weighted by molar-refractivity contribution is 0.0706. The minimum Gasteiger partial charge on any atom is -0.340 e. The van der Waals surface area contributed by atoms with Gasteiger partial charge in [0, 0.05) is 39.6 Å². The lowest BCUT2D eigenvalue weighted by Crippen LogP contribution is -2.20. The summed E-state index contributed by atoms with van der Waals surface area (Å²) in [5, 5.41) is 9.68. The zero-order chi connectivity index (χ0) is 19.2. The van der Waals surface area contributed by atoms with Gasteiger partial charge in [-0.1, -0.05) is 28.1 Å². The Balaban J connectivity index is 1.79. The molecule has 3 aromatic rings. The predicted molar refractivity (Wildman–Crippen MR) is 106 cm³/mol. The Hall–Kier alpha value is -2.16. The standard InChI is InChI=1S/C19H17BrN2O4S/c20-14-5-6-17-15(9-14)16-11-27(25,26)8-7-18(16)22(17)10-12-1-3-13(4-2-12)19(23)21-24/h1-6,9,24H,7-8,10-11H2,(H,21,23). The molecule has 1 aromatic heterocycles. The molecule has 0 atom stereocenters. The molecule has 2 aromatic carbocycles. The molecule has 0 bridgehead atoms. The Morgan fingerprint density at radius 2 is 1.93 bits per heavy atom. The van der Waals surface area contributed by atoms with Gasteiger partial charge in [0.1, 0.15) is 0 Å². The van der Waals surface area contributed by atoms with E-state index in [1.54, 1.807) is 17.6 Å². The average molecular weight is 449 g/mol. The van der Waals surface area contributed by atoms with E-state index < -0.39 is 15.7 Å². The van der Waals surface area contributed by atoms with Gasteiger partial charge < -0.3 is 4.57 Å². The van der Waals surface area contributed by atoms with Crippen LogP contribution in [0.1, 0.15) is 27.2 Å². The third-order valence-corrected chi connectivity index (χ3v) is 6.97. The third kappa shape index (κ3) is 3.40. The van der Waals surface area contributed by atoms with E-state index in [0.29, 0.717) is 18.5 Å². The number of nitrogens with one attached hydrogen (secondary N) is 1. The molecule has 0 radical (unpaired) electrons. The summed E-state index contributed by atoms with van der Waals surface area (Å²) in [4.78, 5) is 11.5. The molecule has 0 fully saturated rings. The fourth-order valence-corrected chi connectivity index (χ4v) is 5.40. The third-order valence-electron chi connectivity index (χ3n) is 4.92. The number of halogens is 1. The van der Waals surface area contributed by atoms with E-state index in [9.17, 15) is 13.2 Å². The molecule has 0 saturated heterocycles. The molecule has 0 spiro atoms. The maximum absolute atomic E-state index is 12.2. The van der Waals surface area contributed by atoms with Gasteiger partial charge in [0.2, 0.25) is 0 Å². The summed E-state index contributed by atoms with van der Waals surface area (Å²) in [7, 11) is -3.07. The summed E-state index contributed by atoms with van der Waals surface area (Å²) in [5.41, 5.74) is 5.91. The first kappa shape index (κ1) is 18.2. The summed E-state index contributed by atoms with van der Waals surface area (Å²) in [6.07, 6.45) is 0.495. The van der Waals surface area contributed by atoms with Gasteiger partial charge in [-0.3, -0.25) is 10.0 Å². The smallest absolute Gasteiger partial charge is 0.274 e. The van der Waals surface area contributed by atoms with Crippen LogP contribution in [0.3, 0.4) is 0 Å². The van der Waals surface area contributed by atoms with Crippen molar-refractivity contribution in [2.45, 2.75) is 18.7 Å². The number of carbonyl (C=O) groups is 1. The number of hydroxylamine groups is 1. The largest absolute Gasteiger partial charge is 0.340 e. The van der Waals surface area contributed by atoms with Crippen LogP contribution in [0.5, 0.6) is 0 Å². The molecule has 0 unspecified atom stereocenters. The first-order valence-electron chi connectivity index (χ1n) is 8.41. The van der Waals surface area contributed by atoms with Crippen LogP contribution in [0.25, 0.3) is 10.9 Å². The van der Waals surface area contributed by atoms with Crippen molar-refractivity contribution in [3.63, 3.8) is 0 Å². The van der Waals surface area contributed by atoms with Crippen molar-refractivity contribution in [1.82, 2.24) is 10.0 Å². The maximum atomic E-state index is 12.2. The number of rotatable bonds is 3. The summed E-state index contributed by atoms with van der Waals surface area (Å²) in [5.74, 6) is -0.328.